The lowest BCUT2D eigenvalue weighted by molar-refractivity contribution is 0.744. The van der Waals surface area contributed by atoms with Crippen LogP contribution in [0.3, 0.4) is 0 Å². The molecule has 0 saturated carbocycles. The number of H-pyrrole nitrogens is 1. The largest absolute Gasteiger partial charge is 0.329 e. The Morgan fingerprint density at radius 3 is 2.92 bits per heavy atom. The molecule has 1 aromatic heterocycles. The quantitative estimate of drug-likeness (QED) is 0.722. The molecule has 0 radical (unpaired) electrons. The number of hydrogen-bond donors (Lipinski definition) is 1. The van der Waals surface area contributed by atoms with Crippen LogP contribution in [0.25, 0.3) is 0 Å². The summed E-state index contributed by atoms with van der Waals surface area (Å²) in [6.07, 6.45) is 1.42. The summed E-state index contributed by atoms with van der Waals surface area (Å²) in [5.74, 6) is 5.38. The minimum Gasteiger partial charge on any atom is -0.288 e. The topological polar surface area (TPSA) is 54.9 Å². The third-order valence-electron chi connectivity index (χ3n) is 1.39. The zero-order valence-electron chi connectivity index (χ0n) is 6.93. The average Bonchev–Trinajstić information content (AvgIpc) is 2.09. The molecule has 1 aromatic rings. The Kier molecular flexibility index (Phi) is 3.09. The van der Waals surface area contributed by atoms with Gasteiger partial charge in [-0.25, -0.2) is 4.79 Å². The Morgan fingerprint density at radius 1 is 1.62 bits per heavy atom. The molecule has 68 valence electrons. The molecule has 0 atom stereocenters. The van der Waals surface area contributed by atoms with Crippen LogP contribution in [0.4, 0.5) is 0 Å². The Morgan fingerprint density at radius 2 is 2.31 bits per heavy atom. The zero-order valence-corrected chi connectivity index (χ0v) is 8.51. The van der Waals surface area contributed by atoms with E-state index in [2.05, 4.69) is 32.8 Å². The fourth-order valence-electron chi connectivity index (χ4n) is 0.764. The van der Waals surface area contributed by atoms with E-state index in [1.165, 1.54) is 10.8 Å². The maximum Gasteiger partial charge on any atom is 0.329 e. The number of nitrogens with one attached hydrogen (secondary N) is 1. The predicted molar refractivity (Wildman–Crippen MR) is 52.5 cm³/mol. The molecular weight excluding hydrogens is 236 g/mol. The van der Waals surface area contributed by atoms with E-state index in [1.54, 1.807) is 6.92 Å². The maximum atomic E-state index is 11.1. The third kappa shape index (κ3) is 2.33. The molecule has 0 unspecified atom stereocenters. The van der Waals surface area contributed by atoms with Crippen LogP contribution in [0.5, 0.6) is 0 Å². The Balaban J connectivity index is 3.21. The standard InChI is InChI=1S/C8H7BrN2O2/c1-2-3-4-11-5-6(9)7(12)10-8(11)13/h5H,4H2,1H3,(H,10,12,13). The van der Waals surface area contributed by atoms with E-state index in [1.807, 2.05) is 0 Å². The third-order valence-corrected chi connectivity index (χ3v) is 1.96. The first kappa shape index (κ1) is 9.81. The number of rotatable bonds is 1. The van der Waals surface area contributed by atoms with Crippen molar-refractivity contribution in [1.82, 2.24) is 9.55 Å². The molecule has 5 heteroatoms. The van der Waals surface area contributed by atoms with E-state index >= 15 is 0 Å². The first-order chi connectivity index (χ1) is 6.15. The summed E-state index contributed by atoms with van der Waals surface area (Å²) in [6, 6.07) is 0. The SMILES string of the molecule is CC#CCn1cc(Br)c(=O)[nH]c1=O. The molecule has 0 amide bonds. The number of nitrogens with zero attached hydrogens (tertiary/aromatic N) is 1. The van der Waals surface area contributed by atoms with Crippen molar-refractivity contribution in [2.24, 2.45) is 0 Å². The van der Waals surface area contributed by atoms with E-state index in [4.69, 9.17) is 0 Å². The zero-order chi connectivity index (χ0) is 9.84. The maximum absolute atomic E-state index is 11.1. The van der Waals surface area contributed by atoms with Gasteiger partial charge in [0.2, 0.25) is 0 Å². The monoisotopic (exact) mass is 242 g/mol. The first-order valence-corrected chi connectivity index (χ1v) is 4.33. The summed E-state index contributed by atoms with van der Waals surface area (Å²) < 4.78 is 1.65. The molecule has 0 saturated heterocycles. The average molecular weight is 243 g/mol. The van der Waals surface area contributed by atoms with Crippen LogP contribution < -0.4 is 11.2 Å². The first-order valence-electron chi connectivity index (χ1n) is 3.54. The predicted octanol–water partition coefficient (Wildman–Crippen LogP) is 0.322. The van der Waals surface area contributed by atoms with Gasteiger partial charge in [0, 0.05) is 6.20 Å². The Hall–Kier alpha value is -1.28. The van der Waals surface area contributed by atoms with Crippen LogP contribution in [-0.2, 0) is 6.54 Å². The normalized spacial score (nSPS) is 9.08. The van der Waals surface area contributed by atoms with Crippen molar-refractivity contribution in [3.05, 3.63) is 31.5 Å². The van der Waals surface area contributed by atoms with Crippen LogP contribution in [-0.4, -0.2) is 9.55 Å². The second kappa shape index (κ2) is 4.10. The number of halogens is 1. The summed E-state index contributed by atoms with van der Waals surface area (Å²) in [4.78, 5) is 24.2. The van der Waals surface area contributed by atoms with Gasteiger partial charge in [-0.3, -0.25) is 14.3 Å². The molecule has 1 heterocycles. The molecule has 1 rings (SSSR count). The van der Waals surface area contributed by atoms with E-state index < -0.39 is 11.2 Å². The van der Waals surface area contributed by atoms with E-state index in [-0.39, 0.29) is 6.54 Å². The van der Waals surface area contributed by atoms with Crippen LogP contribution in [0.2, 0.25) is 0 Å². The fraction of sp³-hybridized carbons (Fsp3) is 0.250. The summed E-state index contributed by atoms with van der Waals surface area (Å²) in [5, 5.41) is 0. The van der Waals surface area contributed by atoms with Gasteiger partial charge in [0.1, 0.15) is 0 Å². The van der Waals surface area contributed by atoms with Crippen molar-refractivity contribution < 1.29 is 0 Å². The van der Waals surface area contributed by atoms with Crippen LogP contribution >= 0.6 is 15.9 Å². The van der Waals surface area contributed by atoms with Gasteiger partial charge in [-0.05, 0) is 22.9 Å². The highest BCUT2D eigenvalue weighted by atomic mass is 79.9. The highest BCUT2D eigenvalue weighted by Crippen LogP contribution is 1.96. The summed E-state index contributed by atoms with van der Waals surface area (Å²) in [7, 11) is 0. The lowest BCUT2D eigenvalue weighted by Gasteiger charge is -1.98. The fourth-order valence-corrected chi connectivity index (χ4v) is 1.11. The number of aromatic amines is 1. The van der Waals surface area contributed by atoms with Crippen molar-refractivity contribution in [2.75, 3.05) is 0 Å². The number of aromatic nitrogens is 2. The van der Waals surface area contributed by atoms with Crippen LogP contribution in [0.1, 0.15) is 6.92 Å². The van der Waals surface area contributed by atoms with Gasteiger partial charge in [0.25, 0.3) is 5.56 Å². The Bertz CT molecular complexity index is 475. The van der Waals surface area contributed by atoms with Crippen molar-refractivity contribution in [3.63, 3.8) is 0 Å². The molecule has 0 spiro atoms. The molecule has 0 bridgehead atoms. The van der Waals surface area contributed by atoms with E-state index in [0.717, 1.165) is 0 Å². The molecule has 13 heavy (non-hydrogen) atoms. The molecular formula is C8H7BrN2O2. The molecule has 0 aliphatic carbocycles. The van der Waals surface area contributed by atoms with Gasteiger partial charge < -0.3 is 0 Å². The molecule has 0 aromatic carbocycles. The van der Waals surface area contributed by atoms with Crippen LogP contribution in [0.15, 0.2) is 20.3 Å². The second-order valence-corrected chi connectivity index (χ2v) is 3.15. The summed E-state index contributed by atoms with van der Waals surface area (Å²) in [6.45, 7) is 1.97. The number of hydrogen-bond acceptors (Lipinski definition) is 2. The minimum atomic E-state index is -0.448. The Labute approximate surface area is 82.7 Å². The smallest absolute Gasteiger partial charge is 0.288 e. The van der Waals surface area contributed by atoms with Crippen LogP contribution in [0, 0.1) is 11.8 Å². The van der Waals surface area contributed by atoms with Gasteiger partial charge in [-0.15, -0.1) is 5.92 Å². The van der Waals surface area contributed by atoms with E-state index in [9.17, 15) is 9.59 Å². The highest BCUT2D eigenvalue weighted by molar-refractivity contribution is 9.10. The lowest BCUT2D eigenvalue weighted by atomic mass is 10.5. The van der Waals surface area contributed by atoms with Crippen molar-refractivity contribution in [1.29, 1.82) is 0 Å². The van der Waals surface area contributed by atoms with E-state index in [0.29, 0.717) is 4.47 Å². The molecule has 0 aliphatic heterocycles. The van der Waals surface area contributed by atoms with Gasteiger partial charge in [-0.1, -0.05) is 5.92 Å². The van der Waals surface area contributed by atoms with Gasteiger partial charge >= 0.3 is 5.69 Å². The van der Waals surface area contributed by atoms with Gasteiger partial charge in [-0.2, -0.15) is 0 Å². The van der Waals surface area contributed by atoms with Gasteiger partial charge in [0.05, 0.1) is 11.0 Å². The minimum absolute atomic E-state index is 0.282. The van der Waals surface area contributed by atoms with Gasteiger partial charge in [0.15, 0.2) is 0 Å². The molecule has 0 aliphatic rings. The molecule has 4 nitrogen and oxygen atoms in total. The summed E-state index contributed by atoms with van der Waals surface area (Å²) in [5.41, 5.74) is -0.873. The molecule has 1 N–H and O–H groups in total. The van der Waals surface area contributed by atoms with Crippen molar-refractivity contribution in [2.45, 2.75) is 13.5 Å². The lowest BCUT2D eigenvalue weighted by Crippen LogP contribution is -2.29. The van der Waals surface area contributed by atoms with Crippen molar-refractivity contribution >= 4 is 15.9 Å². The summed E-state index contributed by atoms with van der Waals surface area (Å²) >= 11 is 3.02. The highest BCUT2D eigenvalue weighted by Gasteiger charge is 1.99. The second-order valence-electron chi connectivity index (χ2n) is 2.29. The molecule has 0 fully saturated rings. The van der Waals surface area contributed by atoms with Crippen molar-refractivity contribution in [3.8, 4) is 11.8 Å².